The molecule has 13 heavy (non-hydrogen) atoms. The van der Waals surface area contributed by atoms with Crippen LogP contribution in [-0.4, -0.2) is 44.0 Å². The maximum Gasteiger partial charge on any atom is 0.0325 e. The molecule has 0 amide bonds. The minimum absolute atomic E-state index is 1.07. The summed E-state index contributed by atoms with van der Waals surface area (Å²) in [6, 6.07) is 4.30. The standard InChI is InChI=1S/C10H18N2S/c1-11(2)6-7-12(3)9-10-5-4-8-13-10/h4-5,8H,6-7,9H2,1-3H3. The second-order valence-electron chi connectivity index (χ2n) is 3.62. The smallest absolute Gasteiger partial charge is 0.0325 e. The highest BCUT2D eigenvalue weighted by Gasteiger charge is 2.00. The minimum Gasteiger partial charge on any atom is -0.308 e. The Bertz CT molecular complexity index is 219. The Labute approximate surface area is 84.8 Å². The second kappa shape index (κ2) is 5.37. The first-order valence-corrected chi connectivity index (χ1v) is 5.42. The van der Waals surface area contributed by atoms with Gasteiger partial charge >= 0.3 is 0 Å². The summed E-state index contributed by atoms with van der Waals surface area (Å²) in [5.41, 5.74) is 0. The predicted molar refractivity (Wildman–Crippen MR) is 59.2 cm³/mol. The molecule has 0 saturated carbocycles. The van der Waals surface area contributed by atoms with Crippen LogP contribution in [-0.2, 0) is 6.54 Å². The van der Waals surface area contributed by atoms with Crippen LogP contribution in [0.15, 0.2) is 17.5 Å². The molecule has 1 rings (SSSR count). The zero-order valence-corrected chi connectivity index (χ0v) is 9.47. The Kier molecular flexibility index (Phi) is 4.42. The fraction of sp³-hybridized carbons (Fsp3) is 0.600. The van der Waals surface area contributed by atoms with Gasteiger partial charge in [-0.25, -0.2) is 0 Å². The van der Waals surface area contributed by atoms with Gasteiger partial charge in [-0.3, -0.25) is 0 Å². The number of hydrogen-bond acceptors (Lipinski definition) is 3. The van der Waals surface area contributed by atoms with Crippen LogP contribution in [0.4, 0.5) is 0 Å². The van der Waals surface area contributed by atoms with Crippen molar-refractivity contribution in [3.8, 4) is 0 Å². The van der Waals surface area contributed by atoms with Crippen LogP contribution in [0.25, 0.3) is 0 Å². The lowest BCUT2D eigenvalue weighted by molar-refractivity contribution is 0.278. The van der Waals surface area contributed by atoms with Gasteiger partial charge in [0.05, 0.1) is 0 Å². The van der Waals surface area contributed by atoms with Crippen LogP contribution in [0.2, 0.25) is 0 Å². The van der Waals surface area contributed by atoms with Crippen LogP contribution < -0.4 is 0 Å². The molecular weight excluding hydrogens is 180 g/mol. The molecule has 3 heteroatoms. The maximum atomic E-state index is 2.35. The Hall–Kier alpha value is -0.380. The normalized spacial score (nSPS) is 11.5. The van der Waals surface area contributed by atoms with Crippen LogP contribution in [0.5, 0.6) is 0 Å². The van der Waals surface area contributed by atoms with Gasteiger partial charge < -0.3 is 9.80 Å². The van der Waals surface area contributed by atoms with E-state index < -0.39 is 0 Å². The molecule has 0 aliphatic heterocycles. The highest BCUT2D eigenvalue weighted by molar-refractivity contribution is 7.09. The first-order valence-electron chi connectivity index (χ1n) is 4.54. The number of hydrogen-bond donors (Lipinski definition) is 0. The highest BCUT2D eigenvalue weighted by atomic mass is 32.1. The minimum atomic E-state index is 1.07. The number of thiophene rings is 1. The summed E-state index contributed by atoms with van der Waals surface area (Å²) >= 11 is 1.83. The van der Waals surface area contributed by atoms with Crippen molar-refractivity contribution in [2.75, 3.05) is 34.2 Å². The van der Waals surface area contributed by atoms with Crippen molar-refractivity contribution in [1.82, 2.24) is 9.80 Å². The van der Waals surface area contributed by atoms with E-state index in [0.717, 1.165) is 19.6 Å². The van der Waals surface area contributed by atoms with Crippen LogP contribution in [0.1, 0.15) is 4.88 Å². The lowest BCUT2D eigenvalue weighted by Gasteiger charge is -2.18. The van der Waals surface area contributed by atoms with Gasteiger partial charge in [-0.05, 0) is 32.6 Å². The molecule has 0 saturated heterocycles. The van der Waals surface area contributed by atoms with E-state index in [4.69, 9.17) is 0 Å². The van der Waals surface area contributed by atoms with Crippen molar-refractivity contribution in [1.29, 1.82) is 0 Å². The molecule has 74 valence electrons. The van der Waals surface area contributed by atoms with Crippen molar-refractivity contribution in [2.45, 2.75) is 6.54 Å². The molecule has 0 aliphatic carbocycles. The van der Waals surface area contributed by atoms with E-state index in [0.29, 0.717) is 0 Å². The third kappa shape index (κ3) is 4.41. The molecule has 0 bridgehead atoms. The number of nitrogens with zero attached hydrogens (tertiary/aromatic N) is 2. The van der Waals surface area contributed by atoms with Gasteiger partial charge in [0.25, 0.3) is 0 Å². The molecule has 0 spiro atoms. The average molecular weight is 198 g/mol. The van der Waals surface area contributed by atoms with Crippen molar-refractivity contribution in [3.63, 3.8) is 0 Å². The van der Waals surface area contributed by atoms with E-state index in [9.17, 15) is 0 Å². The zero-order chi connectivity index (χ0) is 9.68. The third-order valence-corrected chi connectivity index (χ3v) is 2.80. The molecule has 0 unspecified atom stereocenters. The number of rotatable bonds is 5. The Balaban J connectivity index is 2.22. The van der Waals surface area contributed by atoms with Gasteiger partial charge in [-0.15, -0.1) is 11.3 Å². The summed E-state index contributed by atoms with van der Waals surface area (Å²) in [5, 5.41) is 2.13. The summed E-state index contributed by atoms with van der Waals surface area (Å²) in [4.78, 5) is 6.01. The van der Waals surface area contributed by atoms with E-state index in [-0.39, 0.29) is 0 Å². The quantitative estimate of drug-likeness (QED) is 0.711. The van der Waals surface area contributed by atoms with Gasteiger partial charge in [0, 0.05) is 24.5 Å². The van der Waals surface area contributed by atoms with Gasteiger partial charge in [0.2, 0.25) is 0 Å². The molecule has 0 radical (unpaired) electrons. The Morgan fingerprint density at radius 2 is 2.00 bits per heavy atom. The van der Waals surface area contributed by atoms with E-state index in [1.165, 1.54) is 4.88 Å². The van der Waals surface area contributed by atoms with Crippen molar-refractivity contribution in [2.24, 2.45) is 0 Å². The fourth-order valence-electron chi connectivity index (χ4n) is 1.12. The summed E-state index contributed by atoms with van der Waals surface area (Å²) in [6.45, 7) is 3.33. The third-order valence-electron chi connectivity index (χ3n) is 1.93. The largest absolute Gasteiger partial charge is 0.308 e. The topological polar surface area (TPSA) is 6.48 Å². The van der Waals surface area contributed by atoms with E-state index >= 15 is 0 Å². The van der Waals surface area contributed by atoms with Crippen LogP contribution in [0, 0.1) is 0 Å². The van der Waals surface area contributed by atoms with Gasteiger partial charge in [0.15, 0.2) is 0 Å². The molecule has 0 fully saturated rings. The van der Waals surface area contributed by atoms with Gasteiger partial charge in [-0.1, -0.05) is 6.07 Å². The van der Waals surface area contributed by atoms with E-state index in [1.807, 2.05) is 11.3 Å². The first-order chi connectivity index (χ1) is 6.18. The fourth-order valence-corrected chi connectivity index (χ4v) is 1.90. The predicted octanol–water partition coefficient (Wildman–Crippen LogP) is 1.74. The maximum absolute atomic E-state index is 2.35. The monoisotopic (exact) mass is 198 g/mol. The summed E-state index contributed by atoms with van der Waals surface area (Å²) < 4.78 is 0. The van der Waals surface area contributed by atoms with Crippen molar-refractivity contribution in [3.05, 3.63) is 22.4 Å². The molecule has 0 aromatic carbocycles. The van der Waals surface area contributed by atoms with E-state index in [2.05, 4.69) is 48.5 Å². The van der Waals surface area contributed by atoms with Crippen molar-refractivity contribution >= 4 is 11.3 Å². The SMILES string of the molecule is CN(C)CCN(C)Cc1cccs1. The molecule has 0 N–H and O–H groups in total. The molecule has 1 aromatic rings. The van der Waals surface area contributed by atoms with E-state index in [1.54, 1.807) is 0 Å². The number of likely N-dealkylation sites (N-methyl/N-ethyl adjacent to an activating group) is 2. The molecule has 1 heterocycles. The molecule has 0 aliphatic rings. The van der Waals surface area contributed by atoms with Gasteiger partial charge in [0.1, 0.15) is 0 Å². The average Bonchev–Trinajstić information content (AvgIpc) is 2.53. The van der Waals surface area contributed by atoms with Gasteiger partial charge in [-0.2, -0.15) is 0 Å². The molecule has 1 aromatic heterocycles. The molecule has 2 nitrogen and oxygen atoms in total. The molecule has 0 atom stereocenters. The van der Waals surface area contributed by atoms with Crippen LogP contribution >= 0.6 is 11.3 Å². The first kappa shape index (κ1) is 10.7. The lowest BCUT2D eigenvalue weighted by Crippen LogP contribution is -2.27. The summed E-state index contributed by atoms with van der Waals surface area (Å²) in [5.74, 6) is 0. The lowest BCUT2D eigenvalue weighted by atomic mass is 10.4. The summed E-state index contributed by atoms with van der Waals surface area (Å²) in [7, 11) is 6.39. The highest BCUT2D eigenvalue weighted by Crippen LogP contribution is 2.10. The summed E-state index contributed by atoms with van der Waals surface area (Å²) in [6.07, 6.45) is 0. The zero-order valence-electron chi connectivity index (χ0n) is 8.66. The van der Waals surface area contributed by atoms with Crippen LogP contribution in [0.3, 0.4) is 0 Å². The molecular formula is C10H18N2S. The van der Waals surface area contributed by atoms with Crippen molar-refractivity contribution < 1.29 is 0 Å². The second-order valence-corrected chi connectivity index (χ2v) is 4.65. The Morgan fingerprint density at radius 1 is 1.23 bits per heavy atom. The Morgan fingerprint density at radius 3 is 2.54 bits per heavy atom.